The number of hydrogen-bond donors (Lipinski definition) is 2. The van der Waals surface area contributed by atoms with Crippen LogP contribution in [-0.2, 0) is 18.4 Å². The number of nitrogens with zero attached hydrogens (tertiary/aromatic N) is 1. The fourth-order valence-electron chi connectivity index (χ4n) is 8.23. The van der Waals surface area contributed by atoms with Gasteiger partial charge in [0.15, 0.2) is 0 Å². The van der Waals surface area contributed by atoms with Gasteiger partial charge < -0.3 is 28.8 Å². The zero-order chi connectivity index (χ0) is 52.7. The number of allylic oxidation sites excluding steroid dienone is 16. The molecule has 0 fully saturated rings. The second-order valence-electron chi connectivity index (χ2n) is 21.0. The Hall–Kier alpha value is -2.58. The van der Waals surface area contributed by atoms with Crippen LogP contribution in [0.3, 0.4) is 0 Å². The highest BCUT2D eigenvalue weighted by molar-refractivity contribution is 7.45. The summed E-state index contributed by atoms with van der Waals surface area (Å²) in [4.78, 5) is 25.6. The molecule has 0 aliphatic rings. The van der Waals surface area contributed by atoms with Gasteiger partial charge in [-0.05, 0) is 77.0 Å². The topological polar surface area (TPSA) is 108 Å². The van der Waals surface area contributed by atoms with Gasteiger partial charge in [-0.25, -0.2) is 0 Å². The standard InChI is InChI=1S/C63H113N2O6P/c1-6-8-10-12-14-16-18-20-22-24-26-27-28-29-30-31-32-33-34-35-36-37-39-41-43-45-47-49-51-53-55-57-63(67)64-61(60-71-72(68,69)70-59-58-65(3,4)5)62(66)56-54-52-50-48-46-44-42-40-38-25-23-21-19-17-15-13-11-9-7-2/h8,10,14,16,20,22,26-27,29-30,32-33,35-36,39,41,61-62,66H,6-7,9,11-13,15,17-19,21,23-25,28,31,34,37-38,40,42-60H2,1-5H3,(H-,64,67,68,69)/b10-8-,16-14-,22-20-,27-26-,30-29-,33-32-,36-35-,41-39-. The first-order valence-electron chi connectivity index (χ1n) is 29.6. The Morgan fingerprint density at radius 1 is 0.500 bits per heavy atom. The summed E-state index contributed by atoms with van der Waals surface area (Å²) in [5.74, 6) is -0.181. The van der Waals surface area contributed by atoms with Gasteiger partial charge in [0.05, 0.1) is 39.9 Å². The highest BCUT2D eigenvalue weighted by atomic mass is 31.2. The molecule has 0 radical (unpaired) electrons. The van der Waals surface area contributed by atoms with Crippen molar-refractivity contribution in [3.05, 3.63) is 97.2 Å². The summed E-state index contributed by atoms with van der Waals surface area (Å²) in [5.41, 5.74) is 0. The van der Waals surface area contributed by atoms with Gasteiger partial charge in [0, 0.05) is 6.42 Å². The van der Waals surface area contributed by atoms with Gasteiger partial charge in [-0.2, -0.15) is 0 Å². The highest BCUT2D eigenvalue weighted by Gasteiger charge is 2.24. The SMILES string of the molecule is CC/C=C\C/C=C\C/C=C\C/C=C\C/C=C\C/C=C\C/C=C\C/C=C\CCCCCCCCC(=O)NC(COP(=O)([O-])OCC[N+](C)(C)C)C(O)CCCCCCCCCCCCCCCCCCCCC. The molecular weight excluding hydrogens is 912 g/mol. The third-order valence-electron chi connectivity index (χ3n) is 12.8. The molecule has 0 heterocycles. The van der Waals surface area contributed by atoms with Crippen molar-refractivity contribution < 1.29 is 32.9 Å². The Morgan fingerprint density at radius 3 is 1.24 bits per heavy atom. The minimum atomic E-state index is -4.59. The van der Waals surface area contributed by atoms with Gasteiger partial charge in [-0.1, -0.05) is 259 Å². The number of unbranched alkanes of at least 4 members (excludes halogenated alkanes) is 24. The molecule has 0 saturated carbocycles. The third-order valence-corrected chi connectivity index (χ3v) is 13.8. The van der Waals surface area contributed by atoms with Crippen LogP contribution >= 0.6 is 7.82 Å². The van der Waals surface area contributed by atoms with E-state index < -0.39 is 20.0 Å². The summed E-state index contributed by atoms with van der Waals surface area (Å²) in [7, 11) is 1.28. The Morgan fingerprint density at radius 2 is 0.847 bits per heavy atom. The summed E-state index contributed by atoms with van der Waals surface area (Å²) in [6.07, 6.45) is 75.8. The van der Waals surface area contributed by atoms with Crippen molar-refractivity contribution in [1.29, 1.82) is 0 Å². The van der Waals surface area contributed by atoms with Crippen LogP contribution in [0.5, 0.6) is 0 Å². The van der Waals surface area contributed by atoms with Gasteiger partial charge in [0.25, 0.3) is 7.82 Å². The Kier molecular flexibility index (Phi) is 51.3. The summed E-state index contributed by atoms with van der Waals surface area (Å²) in [6, 6.07) is -0.816. The zero-order valence-corrected chi connectivity index (χ0v) is 48.2. The molecule has 0 aliphatic carbocycles. The number of quaternary nitrogens is 1. The minimum absolute atomic E-state index is 0.00432. The molecule has 0 aliphatic heterocycles. The zero-order valence-electron chi connectivity index (χ0n) is 47.4. The van der Waals surface area contributed by atoms with Crippen LogP contribution < -0.4 is 10.2 Å². The van der Waals surface area contributed by atoms with Gasteiger partial charge in [-0.15, -0.1) is 0 Å². The van der Waals surface area contributed by atoms with Crippen LogP contribution in [0.15, 0.2) is 97.2 Å². The predicted octanol–water partition coefficient (Wildman–Crippen LogP) is 17.6. The molecule has 8 nitrogen and oxygen atoms in total. The summed E-state index contributed by atoms with van der Waals surface area (Å²) in [6.45, 7) is 4.60. The lowest BCUT2D eigenvalue weighted by Crippen LogP contribution is -2.46. The number of rotatable bonds is 53. The number of hydrogen-bond acceptors (Lipinski definition) is 6. The van der Waals surface area contributed by atoms with Crippen LogP contribution in [0.1, 0.15) is 245 Å². The van der Waals surface area contributed by atoms with E-state index in [9.17, 15) is 19.4 Å². The largest absolute Gasteiger partial charge is 0.756 e. The van der Waals surface area contributed by atoms with Crippen LogP contribution in [0, 0.1) is 0 Å². The van der Waals surface area contributed by atoms with Crippen molar-refractivity contribution in [2.75, 3.05) is 40.9 Å². The lowest BCUT2D eigenvalue weighted by atomic mass is 10.0. The number of likely N-dealkylation sites (N-methyl/N-ethyl adjacent to an activating group) is 1. The Balaban J connectivity index is 4.23. The Bertz CT molecular complexity index is 1490. The highest BCUT2D eigenvalue weighted by Crippen LogP contribution is 2.38. The van der Waals surface area contributed by atoms with Crippen LogP contribution in [0.2, 0.25) is 0 Å². The van der Waals surface area contributed by atoms with Gasteiger partial charge in [0.1, 0.15) is 13.2 Å². The second kappa shape index (κ2) is 53.3. The predicted molar refractivity (Wildman–Crippen MR) is 311 cm³/mol. The number of carbonyl (C=O) groups excluding carboxylic acids is 1. The third kappa shape index (κ3) is 55.2. The van der Waals surface area contributed by atoms with Crippen LogP contribution in [-0.4, -0.2) is 68.5 Å². The molecule has 416 valence electrons. The van der Waals surface area contributed by atoms with E-state index >= 15 is 0 Å². The van der Waals surface area contributed by atoms with E-state index in [1.807, 2.05) is 21.1 Å². The monoisotopic (exact) mass is 1020 g/mol. The summed E-state index contributed by atoms with van der Waals surface area (Å²) in [5, 5.41) is 14.0. The van der Waals surface area contributed by atoms with Crippen molar-refractivity contribution in [2.45, 2.75) is 257 Å². The maximum atomic E-state index is 13.0. The number of phosphoric acid groups is 1. The first-order valence-corrected chi connectivity index (χ1v) is 31.0. The van der Waals surface area contributed by atoms with Crippen molar-refractivity contribution in [1.82, 2.24) is 5.32 Å². The summed E-state index contributed by atoms with van der Waals surface area (Å²) < 4.78 is 23.4. The Labute approximate surface area is 445 Å². The molecule has 0 saturated heterocycles. The first kappa shape index (κ1) is 69.4. The minimum Gasteiger partial charge on any atom is -0.756 e. The van der Waals surface area contributed by atoms with E-state index in [1.165, 1.54) is 116 Å². The fraction of sp³-hybridized carbons (Fsp3) is 0.730. The molecule has 0 aromatic carbocycles. The second-order valence-corrected chi connectivity index (χ2v) is 22.4. The van der Waals surface area contributed by atoms with Gasteiger partial charge in [0.2, 0.25) is 5.91 Å². The van der Waals surface area contributed by atoms with Crippen LogP contribution in [0.4, 0.5) is 0 Å². The number of amides is 1. The number of aliphatic hydroxyl groups excluding tert-OH is 1. The lowest BCUT2D eigenvalue weighted by Gasteiger charge is -2.30. The van der Waals surface area contributed by atoms with Crippen molar-refractivity contribution in [3.63, 3.8) is 0 Å². The van der Waals surface area contributed by atoms with E-state index in [-0.39, 0.29) is 19.1 Å². The number of carbonyl (C=O) groups is 1. The maximum absolute atomic E-state index is 13.0. The first-order chi connectivity index (χ1) is 35.0. The molecule has 2 N–H and O–H groups in total. The quantitative estimate of drug-likeness (QED) is 0.0272. The molecule has 3 unspecified atom stereocenters. The normalized spacial score (nSPS) is 14.6. The molecule has 0 bridgehead atoms. The number of aliphatic hydroxyl groups is 1. The average Bonchev–Trinajstić information content (AvgIpc) is 3.34. The van der Waals surface area contributed by atoms with Crippen molar-refractivity contribution >= 4 is 13.7 Å². The van der Waals surface area contributed by atoms with E-state index in [0.29, 0.717) is 23.9 Å². The number of nitrogens with one attached hydrogen (secondary N) is 1. The van der Waals surface area contributed by atoms with Crippen molar-refractivity contribution in [3.8, 4) is 0 Å². The van der Waals surface area contributed by atoms with Crippen LogP contribution in [0.25, 0.3) is 0 Å². The average molecular weight is 1030 g/mol. The number of phosphoric ester groups is 1. The lowest BCUT2D eigenvalue weighted by molar-refractivity contribution is -0.870. The van der Waals surface area contributed by atoms with Gasteiger partial charge in [-0.3, -0.25) is 9.36 Å². The maximum Gasteiger partial charge on any atom is 0.268 e. The van der Waals surface area contributed by atoms with Crippen molar-refractivity contribution in [2.24, 2.45) is 0 Å². The molecule has 0 aromatic heterocycles. The van der Waals surface area contributed by atoms with E-state index in [0.717, 1.165) is 103 Å². The molecule has 0 spiro atoms. The molecular formula is C63H113N2O6P. The van der Waals surface area contributed by atoms with E-state index in [1.54, 1.807) is 0 Å². The smallest absolute Gasteiger partial charge is 0.268 e. The molecule has 0 aromatic rings. The van der Waals surface area contributed by atoms with E-state index in [2.05, 4.69) is 116 Å². The molecule has 0 rings (SSSR count). The summed E-state index contributed by atoms with van der Waals surface area (Å²) >= 11 is 0. The molecule has 1 amide bonds. The van der Waals surface area contributed by atoms with E-state index in [4.69, 9.17) is 9.05 Å². The van der Waals surface area contributed by atoms with Gasteiger partial charge >= 0.3 is 0 Å². The fourth-order valence-corrected chi connectivity index (χ4v) is 8.96. The molecule has 9 heteroatoms. The molecule has 72 heavy (non-hydrogen) atoms. The molecule has 3 atom stereocenters.